The lowest BCUT2D eigenvalue weighted by Crippen LogP contribution is -1.98. The minimum absolute atomic E-state index is 0.0828. The molecule has 210 valence electrons. The van der Waals surface area contributed by atoms with Crippen LogP contribution in [0.2, 0.25) is 0 Å². The predicted molar refractivity (Wildman–Crippen MR) is 148 cm³/mol. The van der Waals surface area contributed by atoms with Crippen molar-refractivity contribution in [1.82, 2.24) is 9.97 Å². The van der Waals surface area contributed by atoms with Crippen LogP contribution in [0, 0.1) is 0 Å². The minimum Gasteiger partial charge on any atom is -0.494 e. The van der Waals surface area contributed by atoms with Gasteiger partial charge in [-0.05, 0) is 24.3 Å². The molecule has 4 aromatic heterocycles. The molecule has 0 aliphatic rings. The SMILES string of the molecule is COC(=O)c1cc2c(OC)c3ncccc3c(OC)c2o1.COc1c2cc(C(=O)O)oc2c(OC)c2cccnc12. The van der Waals surface area contributed by atoms with Crippen LogP contribution in [0.1, 0.15) is 21.1 Å². The van der Waals surface area contributed by atoms with E-state index in [4.69, 9.17) is 32.9 Å². The van der Waals surface area contributed by atoms with Crippen LogP contribution in [-0.2, 0) is 4.74 Å². The van der Waals surface area contributed by atoms with Crippen LogP contribution >= 0.6 is 0 Å². The Bertz CT molecular complexity index is 1820. The molecule has 0 bridgehead atoms. The highest BCUT2D eigenvalue weighted by molar-refractivity contribution is 6.10. The number of ether oxygens (including phenoxy) is 5. The van der Waals surface area contributed by atoms with E-state index in [1.54, 1.807) is 37.7 Å². The highest BCUT2D eigenvalue weighted by Crippen LogP contribution is 2.44. The largest absolute Gasteiger partial charge is 0.494 e. The number of nitrogens with zero attached hydrogens (tertiary/aromatic N) is 2. The third-order valence-corrected chi connectivity index (χ3v) is 6.31. The fraction of sp³-hybridized carbons (Fsp3) is 0.172. The molecule has 12 nitrogen and oxygen atoms in total. The summed E-state index contributed by atoms with van der Waals surface area (Å²) in [7, 11) is 7.37. The number of carboxylic acid groups (broad SMARTS) is 1. The van der Waals surface area contributed by atoms with Crippen LogP contribution in [0.3, 0.4) is 0 Å². The third kappa shape index (κ3) is 4.44. The smallest absolute Gasteiger partial charge is 0.373 e. The molecule has 41 heavy (non-hydrogen) atoms. The number of fused-ring (bicyclic) bond motifs is 4. The fourth-order valence-corrected chi connectivity index (χ4v) is 4.62. The number of carbonyl (C=O) groups excluding carboxylic acids is 1. The summed E-state index contributed by atoms with van der Waals surface area (Å²) in [5.41, 5.74) is 2.00. The Morgan fingerprint density at radius 2 is 1.10 bits per heavy atom. The average Bonchev–Trinajstić information content (AvgIpc) is 3.64. The Hall–Kier alpha value is -5.52. The van der Waals surface area contributed by atoms with Crippen molar-refractivity contribution in [3.8, 4) is 23.0 Å². The van der Waals surface area contributed by atoms with E-state index in [0.717, 1.165) is 5.39 Å². The molecule has 0 atom stereocenters. The second-order valence-electron chi connectivity index (χ2n) is 8.44. The van der Waals surface area contributed by atoms with Gasteiger partial charge in [0.15, 0.2) is 34.2 Å². The maximum absolute atomic E-state index is 11.7. The van der Waals surface area contributed by atoms with Crippen LogP contribution in [0.5, 0.6) is 23.0 Å². The molecule has 0 saturated carbocycles. The Morgan fingerprint density at radius 3 is 1.51 bits per heavy atom. The summed E-state index contributed by atoms with van der Waals surface area (Å²) in [5.74, 6) is 0.134. The summed E-state index contributed by atoms with van der Waals surface area (Å²) in [6.07, 6.45) is 3.30. The molecule has 6 rings (SSSR count). The average molecular weight is 561 g/mol. The molecule has 4 heterocycles. The molecule has 0 spiro atoms. The molecule has 0 aliphatic carbocycles. The molecule has 2 aromatic carbocycles. The molecule has 0 saturated heterocycles. The number of aromatic nitrogens is 2. The number of carbonyl (C=O) groups is 2. The van der Waals surface area contributed by atoms with Crippen molar-refractivity contribution in [3.05, 3.63) is 60.3 Å². The molecular formula is C29H24N2O10. The minimum atomic E-state index is -1.15. The van der Waals surface area contributed by atoms with E-state index in [9.17, 15) is 9.59 Å². The summed E-state index contributed by atoms with van der Waals surface area (Å²) >= 11 is 0. The summed E-state index contributed by atoms with van der Waals surface area (Å²) in [4.78, 5) is 31.3. The number of hydrogen-bond donors (Lipinski definition) is 1. The van der Waals surface area contributed by atoms with Crippen molar-refractivity contribution >= 4 is 55.7 Å². The molecule has 0 fully saturated rings. The van der Waals surface area contributed by atoms with Gasteiger partial charge in [-0.3, -0.25) is 9.97 Å². The van der Waals surface area contributed by atoms with E-state index >= 15 is 0 Å². The molecule has 0 aliphatic heterocycles. The van der Waals surface area contributed by atoms with Gasteiger partial charge in [-0.1, -0.05) is 0 Å². The molecular weight excluding hydrogens is 536 g/mol. The number of carboxylic acids is 1. The molecule has 12 heteroatoms. The van der Waals surface area contributed by atoms with E-state index in [-0.39, 0.29) is 11.5 Å². The van der Waals surface area contributed by atoms with Crippen LogP contribution in [0.4, 0.5) is 0 Å². The van der Waals surface area contributed by atoms with E-state index in [1.807, 2.05) is 12.1 Å². The maximum atomic E-state index is 11.7. The van der Waals surface area contributed by atoms with Crippen LogP contribution in [0.15, 0.2) is 57.6 Å². The second-order valence-corrected chi connectivity index (χ2v) is 8.44. The van der Waals surface area contributed by atoms with E-state index < -0.39 is 11.9 Å². The number of furan rings is 2. The van der Waals surface area contributed by atoms with Gasteiger partial charge in [-0.2, -0.15) is 0 Å². The zero-order valence-corrected chi connectivity index (χ0v) is 22.6. The van der Waals surface area contributed by atoms with Crippen molar-refractivity contribution in [1.29, 1.82) is 0 Å². The molecule has 0 radical (unpaired) electrons. The lowest BCUT2D eigenvalue weighted by atomic mass is 10.1. The Labute approximate surface area is 231 Å². The normalized spacial score (nSPS) is 10.9. The summed E-state index contributed by atoms with van der Waals surface area (Å²) in [6, 6.07) is 10.2. The van der Waals surface area contributed by atoms with Gasteiger partial charge in [0.25, 0.3) is 0 Å². The van der Waals surface area contributed by atoms with Gasteiger partial charge in [-0.15, -0.1) is 0 Å². The van der Waals surface area contributed by atoms with Crippen molar-refractivity contribution in [2.45, 2.75) is 0 Å². The molecule has 0 amide bonds. The van der Waals surface area contributed by atoms with Crippen LogP contribution < -0.4 is 18.9 Å². The van der Waals surface area contributed by atoms with Gasteiger partial charge in [0.2, 0.25) is 11.5 Å². The number of rotatable bonds is 6. The number of benzene rings is 2. The van der Waals surface area contributed by atoms with Gasteiger partial charge in [0.05, 0.1) is 57.1 Å². The topological polar surface area (TPSA) is 153 Å². The molecule has 6 aromatic rings. The highest BCUT2D eigenvalue weighted by atomic mass is 16.5. The first-order chi connectivity index (χ1) is 19.9. The van der Waals surface area contributed by atoms with Crippen molar-refractivity contribution in [3.63, 3.8) is 0 Å². The zero-order chi connectivity index (χ0) is 29.3. The molecule has 1 N–H and O–H groups in total. The Kier molecular flexibility index (Phi) is 7.21. The van der Waals surface area contributed by atoms with Crippen molar-refractivity contribution < 1.29 is 47.2 Å². The van der Waals surface area contributed by atoms with Gasteiger partial charge in [0.1, 0.15) is 11.0 Å². The second kappa shape index (κ2) is 10.9. The summed E-state index contributed by atoms with van der Waals surface area (Å²) < 4.78 is 37.2. The zero-order valence-electron chi connectivity index (χ0n) is 22.6. The predicted octanol–water partition coefficient (Wildman–Crippen LogP) is 5.48. The van der Waals surface area contributed by atoms with Gasteiger partial charge < -0.3 is 37.6 Å². The highest BCUT2D eigenvalue weighted by Gasteiger charge is 2.24. The van der Waals surface area contributed by atoms with E-state index in [0.29, 0.717) is 61.4 Å². The maximum Gasteiger partial charge on any atom is 0.373 e. The van der Waals surface area contributed by atoms with Gasteiger partial charge in [-0.25, -0.2) is 9.59 Å². The van der Waals surface area contributed by atoms with E-state index in [2.05, 4.69) is 14.7 Å². The lowest BCUT2D eigenvalue weighted by Gasteiger charge is -2.10. The van der Waals surface area contributed by atoms with Crippen LogP contribution in [0.25, 0.3) is 43.7 Å². The van der Waals surface area contributed by atoms with Crippen molar-refractivity contribution in [2.75, 3.05) is 35.5 Å². The van der Waals surface area contributed by atoms with Gasteiger partial charge >= 0.3 is 11.9 Å². The van der Waals surface area contributed by atoms with Crippen LogP contribution in [-0.4, -0.2) is 62.6 Å². The first-order valence-electron chi connectivity index (χ1n) is 12.0. The quantitative estimate of drug-likeness (QED) is 0.257. The fourth-order valence-electron chi connectivity index (χ4n) is 4.62. The Balaban J connectivity index is 0.000000165. The third-order valence-electron chi connectivity index (χ3n) is 6.31. The number of methoxy groups -OCH3 is 5. The van der Waals surface area contributed by atoms with Gasteiger partial charge in [0, 0.05) is 24.5 Å². The van der Waals surface area contributed by atoms with Crippen molar-refractivity contribution in [2.24, 2.45) is 0 Å². The monoisotopic (exact) mass is 560 g/mol. The first-order valence-corrected chi connectivity index (χ1v) is 12.0. The van der Waals surface area contributed by atoms with E-state index in [1.165, 1.54) is 34.5 Å². The lowest BCUT2D eigenvalue weighted by molar-refractivity contribution is 0.0566. The number of pyridine rings is 2. The summed E-state index contributed by atoms with van der Waals surface area (Å²) in [5, 5.41) is 11.6. The first kappa shape index (κ1) is 27.1. The summed E-state index contributed by atoms with van der Waals surface area (Å²) in [6.45, 7) is 0. The Morgan fingerprint density at radius 1 is 0.659 bits per heavy atom. The molecule has 0 unspecified atom stereocenters. The standard InChI is InChI=1S/C15H13NO5.C14H11NO5/c1-18-12-9-7-10(15(17)20-3)21-14(9)13(19-2)8-5-4-6-16-11(8)12;1-18-11-8-6-9(14(16)17)20-13(8)12(19-2)7-4-3-5-15-10(7)11/h4-7H,1-3H3;3-6H,1-2H3,(H,16,17). The number of hydrogen-bond acceptors (Lipinski definition) is 11. The number of esters is 1. The number of aromatic carboxylic acids is 1.